The molecule has 188 valence electrons. The predicted octanol–water partition coefficient (Wildman–Crippen LogP) is 4.43. The van der Waals surface area contributed by atoms with E-state index in [2.05, 4.69) is 21.2 Å². The molecule has 0 aromatic heterocycles. The molecule has 1 unspecified atom stereocenters. The van der Waals surface area contributed by atoms with E-state index in [9.17, 15) is 14.9 Å². The summed E-state index contributed by atoms with van der Waals surface area (Å²) in [5.74, 6) is -1.14. The number of benzene rings is 2. The third-order valence-electron chi connectivity index (χ3n) is 5.39. The fourth-order valence-corrected chi connectivity index (χ4v) is 4.24. The number of carbonyl (C=O) groups excluding carboxylic acids is 2. The monoisotopic (exact) mass is 555 g/mol. The van der Waals surface area contributed by atoms with Crippen LogP contribution in [0.5, 0.6) is 11.5 Å². The molecule has 10 heteroatoms. The van der Waals surface area contributed by atoms with Gasteiger partial charge in [0.25, 0.3) is 5.91 Å². The standard InChI is InChI=1S/C26H26BrN3O6/c1-5-34-26(32)23-15(3)36-25(29)18(12-28)24(23)17-10-20(33-4)21(11-19(17)27)35-13-22(31)30-16-8-6-14(2)7-9-16/h6-11,24H,5,13,29H2,1-4H3,(H,30,31). The summed E-state index contributed by atoms with van der Waals surface area (Å²) in [7, 11) is 1.44. The van der Waals surface area contributed by atoms with Gasteiger partial charge in [-0.15, -0.1) is 0 Å². The van der Waals surface area contributed by atoms with Gasteiger partial charge in [-0.05, 0) is 50.6 Å². The Bertz CT molecular complexity index is 1280. The van der Waals surface area contributed by atoms with Crippen molar-refractivity contribution in [2.75, 3.05) is 25.6 Å². The summed E-state index contributed by atoms with van der Waals surface area (Å²) in [6.07, 6.45) is 0. The van der Waals surface area contributed by atoms with Crippen LogP contribution in [0, 0.1) is 18.3 Å². The van der Waals surface area contributed by atoms with Crippen LogP contribution < -0.4 is 20.5 Å². The van der Waals surface area contributed by atoms with Crippen LogP contribution in [-0.4, -0.2) is 32.2 Å². The normalized spacial score (nSPS) is 15.1. The summed E-state index contributed by atoms with van der Waals surface area (Å²) in [6, 6.07) is 12.6. The van der Waals surface area contributed by atoms with Crippen molar-refractivity contribution >= 4 is 33.5 Å². The predicted molar refractivity (Wildman–Crippen MR) is 136 cm³/mol. The number of nitrogens with two attached hydrogens (primary N) is 1. The van der Waals surface area contributed by atoms with Crippen LogP contribution in [0.4, 0.5) is 5.69 Å². The molecule has 0 aliphatic carbocycles. The van der Waals surface area contributed by atoms with E-state index in [1.807, 2.05) is 25.1 Å². The van der Waals surface area contributed by atoms with Crippen molar-refractivity contribution < 1.29 is 28.5 Å². The molecule has 9 nitrogen and oxygen atoms in total. The molecule has 1 aliphatic rings. The fraction of sp³-hybridized carbons (Fsp3) is 0.269. The number of anilines is 1. The maximum atomic E-state index is 12.8. The van der Waals surface area contributed by atoms with E-state index in [0.717, 1.165) is 5.56 Å². The molecular formula is C26H26BrN3O6. The van der Waals surface area contributed by atoms with E-state index in [4.69, 9.17) is 24.7 Å². The Morgan fingerprint density at radius 2 is 1.89 bits per heavy atom. The maximum absolute atomic E-state index is 12.8. The van der Waals surface area contributed by atoms with Gasteiger partial charge in [-0.2, -0.15) is 5.26 Å². The lowest BCUT2D eigenvalue weighted by Crippen LogP contribution is -2.26. The number of esters is 1. The molecule has 0 bridgehead atoms. The van der Waals surface area contributed by atoms with Crippen LogP contribution >= 0.6 is 15.9 Å². The number of amides is 1. The number of halogens is 1. The largest absolute Gasteiger partial charge is 0.493 e. The molecule has 0 radical (unpaired) electrons. The zero-order chi connectivity index (χ0) is 26.4. The summed E-state index contributed by atoms with van der Waals surface area (Å²) in [6.45, 7) is 5.10. The van der Waals surface area contributed by atoms with Crippen molar-refractivity contribution in [3.63, 3.8) is 0 Å². The van der Waals surface area contributed by atoms with Gasteiger partial charge in [0.2, 0.25) is 5.88 Å². The topological polar surface area (TPSA) is 133 Å². The average Bonchev–Trinajstić information content (AvgIpc) is 2.84. The van der Waals surface area contributed by atoms with Gasteiger partial charge in [-0.25, -0.2) is 4.79 Å². The molecule has 3 rings (SSSR count). The molecule has 0 saturated heterocycles. The highest BCUT2D eigenvalue weighted by molar-refractivity contribution is 9.10. The number of allylic oxidation sites excluding steroid dienone is 2. The Labute approximate surface area is 217 Å². The first kappa shape index (κ1) is 26.6. The maximum Gasteiger partial charge on any atom is 0.338 e. The summed E-state index contributed by atoms with van der Waals surface area (Å²) >= 11 is 3.50. The third kappa shape index (κ3) is 5.80. The highest BCUT2D eigenvalue weighted by atomic mass is 79.9. The number of nitrogens with zero attached hydrogens (tertiary/aromatic N) is 1. The van der Waals surface area contributed by atoms with Crippen molar-refractivity contribution in [1.29, 1.82) is 5.26 Å². The van der Waals surface area contributed by atoms with Crippen molar-refractivity contribution in [2.45, 2.75) is 26.7 Å². The van der Waals surface area contributed by atoms with Gasteiger partial charge in [-0.3, -0.25) is 4.79 Å². The molecule has 1 aliphatic heterocycles. The molecule has 2 aromatic carbocycles. The van der Waals surface area contributed by atoms with Gasteiger partial charge in [-0.1, -0.05) is 33.6 Å². The summed E-state index contributed by atoms with van der Waals surface area (Å²) in [5, 5.41) is 12.6. The lowest BCUT2D eigenvalue weighted by atomic mass is 9.83. The van der Waals surface area contributed by atoms with Gasteiger partial charge in [0.05, 0.1) is 25.2 Å². The molecular weight excluding hydrogens is 530 g/mol. The van der Waals surface area contributed by atoms with Gasteiger partial charge in [0, 0.05) is 10.2 Å². The summed E-state index contributed by atoms with van der Waals surface area (Å²) in [4.78, 5) is 25.2. The first-order valence-electron chi connectivity index (χ1n) is 11.0. The molecule has 3 N–H and O–H groups in total. The van der Waals surface area contributed by atoms with E-state index in [-0.39, 0.29) is 47.7 Å². The molecule has 36 heavy (non-hydrogen) atoms. The number of carbonyl (C=O) groups is 2. The number of ether oxygens (including phenoxy) is 4. The van der Waals surface area contributed by atoms with Crippen LogP contribution in [0.2, 0.25) is 0 Å². The quantitative estimate of drug-likeness (QED) is 0.457. The van der Waals surface area contributed by atoms with Crippen LogP contribution in [0.3, 0.4) is 0 Å². The second-order valence-electron chi connectivity index (χ2n) is 7.84. The van der Waals surface area contributed by atoms with Crippen LogP contribution in [0.25, 0.3) is 0 Å². The SMILES string of the molecule is CCOC(=O)C1=C(C)OC(N)=C(C#N)C1c1cc(OC)c(OCC(=O)Nc2ccc(C)cc2)cc1Br. The van der Waals surface area contributed by atoms with Crippen LogP contribution in [0.1, 0.15) is 30.9 Å². The van der Waals surface area contributed by atoms with Crippen molar-refractivity contribution in [3.05, 3.63) is 74.8 Å². The molecule has 1 amide bonds. The van der Waals surface area contributed by atoms with Crippen LogP contribution in [0.15, 0.2) is 63.7 Å². The fourth-order valence-electron chi connectivity index (χ4n) is 3.69. The molecule has 0 spiro atoms. The van der Waals surface area contributed by atoms with E-state index < -0.39 is 11.9 Å². The number of nitrogens with one attached hydrogen (secondary N) is 1. The minimum Gasteiger partial charge on any atom is -0.493 e. The molecule has 2 aromatic rings. The second kappa shape index (κ2) is 11.6. The number of rotatable bonds is 8. The minimum absolute atomic E-state index is 0.0533. The Morgan fingerprint density at radius 3 is 2.50 bits per heavy atom. The molecule has 0 saturated carbocycles. The lowest BCUT2D eigenvalue weighted by molar-refractivity contribution is -0.139. The second-order valence-corrected chi connectivity index (χ2v) is 8.70. The Morgan fingerprint density at radius 1 is 1.19 bits per heavy atom. The van der Waals surface area contributed by atoms with E-state index >= 15 is 0 Å². The van der Waals surface area contributed by atoms with Gasteiger partial charge >= 0.3 is 5.97 Å². The third-order valence-corrected chi connectivity index (χ3v) is 6.08. The smallest absolute Gasteiger partial charge is 0.338 e. The Hall–Kier alpha value is -3.97. The average molecular weight is 556 g/mol. The van der Waals surface area contributed by atoms with E-state index in [1.54, 1.807) is 38.1 Å². The highest BCUT2D eigenvalue weighted by Gasteiger charge is 2.38. The first-order valence-corrected chi connectivity index (χ1v) is 11.8. The first-order chi connectivity index (χ1) is 17.2. The molecule has 0 fully saturated rings. The van der Waals surface area contributed by atoms with Gasteiger partial charge < -0.3 is 30.0 Å². The number of hydrogen-bond donors (Lipinski definition) is 2. The van der Waals surface area contributed by atoms with Crippen molar-refractivity contribution in [1.82, 2.24) is 0 Å². The number of nitriles is 1. The Kier molecular flexibility index (Phi) is 8.61. The zero-order valence-corrected chi connectivity index (χ0v) is 21.9. The van der Waals surface area contributed by atoms with Crippen molar-refractivity contribution in [3.8, 4) is 17.6 Å². The van der Waals surface area contributed by atoms with E-state index in [1.165, 1.54) is 7.11 Å². The van der Waals surface area contributed by atoms with Gasteiger partial charge in [0.15, 0.2) is 18.1 Å². The number of methoxy groups -OCH3 is 1. The zero-order valence-electron chi connectivity index (χ0n) is 20.3. The summed E-state index contributed by atoms with van der Waals surface area (Å²) in [5.41, 5.74) is 8.42. The number of hydrogen-bond acceptors (Lipinski definition) is 8. The molecule has 1 atom stereocenters. The highest BCUT2D eigenvalue weighted by Crippen LogP contribution is 2.45. The molecule has 1 heterocycles. The van der Waals surface area contributed by atoms with Gasteiger partial charge in [0.1, 0.15) is 17.4 Å². The van der Waals surface area contributed by atoms with Crippen LogP contribution in [-0.2, 0) is 19.1 Å². The van der Waals surface area contributed by atoms with Crippen molar-refractivity contribution in [2.24, 2.45) is 5.73 Å². The van der Waals surface area contributed by atoms with E-state index in [0.29, 0.717) is 21.5 Å². The summed E-state index contributed by atoms with van der Waals surface area (Å²) < 4.78 is 22.4. The Balaban J connectivity index is 1.92. The lowest BCUT2D eigenvalue weighted by Gasteiger charge is -2.28. The minimum atomic E-state index is -0.870. The number of aryl methyl sites for hydroxylation is 1.